The predicted octanol–water partition coefficient (Wildman–Crippen LogP) is 3.18. The normalized spacial score (nSPS) is 19.9. The van der Waals surface area contributed by atoms with Crippen molar-refractivity contribution in [1.29, 1.82) is 0 Å². The van der Waals surface area contributed by atoms with Crippen molar-refractivity contribution in [2.45, 2.75) is 68.6 Å². The smallest absolute Gasteiger partial charge is 0.230 e. The molecule has 7 nitrogen and oxygen atoms in total. The molecule has 4 rings (SSSR count). The lowest BCUT2D eigenvalue weighted by Gasteiger charge is -2.48. The minimum absolute atomic E-state index is 0.0719. The second-order valence-corrected chi connectivity index (χ2v) is 10.1. The van der Waals surface area contributed by atoms with Gasteiger partial charge in [-0.05, 0) is 60.6 Å². The van der Waals surface area contributed by atoms with Gasteiger partial charge < -0.3 is 5.32 Å². The molecule has 0 radical (unpaired) electrons. The van der Waals surface area contributed by atoms with Crippen molar-refractivity contribution in [1.82, 2.24) is 30.4 Å². The number of likely N-dealkylation sites (tertiary alicyclic amines) is 1. The van der Waals surface area contributed by atoms with Gasteiger partial charge in [-0.15, -0.1) is 16.4 Å². The van der Waals surface area contributed by atoms with Gasteiger partial charge in [0.05, 0.1) is 12.3 Å². The molecule has 29 heavy (non-hydrogen) atoms. The molecule has 2 fully saturated rings. The highest BCUT2D eigenvalue weighted by Crippen LogP contribution is 2.35. The Morgan fingerprint density at radius 3 is 2.72 bits per heavy atom. The van der Waals surface area contributed by atoms with Crippen molar-refractivity contribution in [3.63, 3.8) is 0 Å². The molecule has 1 saturated heterocycles. The van der Waals surface area contributed by atoms with E-state index in [0.29, 0.717) is 17.5 Å². The van der Waals surface area contributed by atoms with Crippen LogP contribution in [0.25, 0.3) is 0 Å². The summed E-state index contributed by atoms with van der Waals surface area (Å²) >= 11 is 3.09. The summed E-state index contributed by atoms with van der Waals surface area (Å²) in [6.45, 7) is 3.78. The number of hydrogen-bond acceptors (Lipinski definition) is 7. The monoisotopic (exact) mass is 434 g/mol. The van der Waals surface area contributed by atoms with Crippen molar-refractivity contribution >= 4 is 29.0 Å². The molecule has 1 saturated carbocycles. The number of nitrogens with zero attached hydrogens (tertiary/aromatic N) is 5. The van der Waals surface area contributed by atoms with Gasteiger partial charge in [0.15, 0.2) is 0 Å². The number of amides is 1. The van der Waals surface area contributed by atoms with E-state index in [9.17, 15) is 4.79 Å². The zero-order valence-electron chi connectivity index (χ0n) is 16.9. The molecule has 0 aromatic carbocycles. The molecule has 1 aliphatic heterocycles. The van der Waals surface area contributed by atoms with Crippen LogP contribution in [0.15, 0.2) is 22.7 Å². The fourth-order valence-electron chi connectivity index (χ4n) is 4.58. The molecular weight excluding hydrogens is 404 g/mol. The molecule has 0 bridgehead atoms. The Kier molecular flexibility index (Phi) is 7.20. The topological polar surface area (TPSA) is 75.9 Å². The largest absolute Gasteiger partial charge is 0.354 e. The molecule has 1 amide bonds. The van der Waals surface area contributed by atoms with Gasteiger partial charge in [0.1, 0.15) is 0 Å². The Balaban J connectivity index is 1.29. The van der Waals surface area contributed by atoms with Crippen LogP contribution in [-0.4, -0.2) is 61.9 Å². The first-order valence-electron chi connectivity index (χ1n) is 10.7. The summed E-state index contributed by atoms with van der Waals surface area (Å²) in [7, 11) is 0. The standard InChI is InChI=1S/C20H30N6OS2/c27-18(15-29-19-22-23-24-26(19)14-17-8-7-13-28-17)21-16-20(9-3-1-4-10-20)25-11-5-2-6-12-25/h7-8,13H,1-6,9-12,14-16H2,(H,21,27). The van der Waals surface area contributed by atoms with Gasteiger partial charge in [0.2, 0.25) is 11.1 Å². The second-order valence-electron chi connectivity index (χ2n) is 8.10. The minimum atomic E-state index is 0.0719. The first-order chi connectivity index (χ1) is 14.3. The molecule has 0 unspecified atom stereocenters. The van der Waals surface area contributed by atoms with Gasteiger partial charge >= 0.3 is 0 Å². The number of rotatable bonds is 8. The summed E-state index contributed by atoms with van der Waals surface area (Å²) in [5, 5.41) is 17.9. The van der Waals surface area contributed by atoms with Crippen LogP contribution >= 0.6 is 23.1 Å². The summed E-state index contributed by atoms with van der Waals surface area (Å²) < 4.78 is 1.76. The number of nitrogens with one attached hydrogen (secondary N) is 1. The highest BCUT2D eigenvalue weighted by molar-refractivity contribution is 7.99. The molecular formula is C20H30N6OS2. The molecule has 1 N–H and O–H groups in total. The van der Waals surface area contributed by atoms with E-state index in [1.54, 1.807) is 16.0 Å². The molecule has 0 spiro atoms. The molecule has 1 aliphatic carbocycles. The Labute approximate surface area is 180 Å². The van der Waals surface area contributed by atoms with E-state index in [2.05, 4.69) is 31.8 Å². The molecule has 0 atom stereocenters. The van der Waals surface area contributed by atoms with Crippen LogP contribution < -0.4 is 5.32 Å². The van der Waals surface area contributed by atoms with Crippen molar-refractivity contribution in [3.05, 3.63) is 22.4 Å². The van der Waals surface area contributed by atoms with Crippen LogP contribution in [0.3, 0.4) is 0 Å². The van der Waals surface area contributed by atoms with E-state index in [4.69, 9.17) is 0 Å². The van der Waals surface area contributed by atoms with Crippen LogP contribution in [0.4, 0.5) is 0 Å². The third-order valence-corrected chi connectivity index (χ3v) is 7.96. The third kappa shape index (κ3) is 5.38. The first-order valence-corrected chi connectivity index (χ1v) is 12.5. The Morgan fingerprint density at radius 1 is 1.17 bits per heavy atom. The van der Waals surface area contributed by atoms with E-state index >= 15 is 0 Å². The fourth-order valence-corrected chi connectivity index (χ4v) is 5.97. The van der Waals surface area contributed by atoms with Crippen molar-refractivity contribution in [3.8, 4) is 0 Å². The van der Waals surface area contributed by atoms with E-state index in [1.807, 2.05) is 11.4 Å². The van der Waals surface area contributed by atoms with E-state index in [0.717, 1.165) is 6.54 Å². The van der Waals surface area contributed by atoms with E-state index in [1.165, 1.54) is 81.1 Å². The maximum Gasteiger partial charge on any atom is 0.230 e. The van der Waals surface area contributed by atoms with Crippen LogP contribution in [0.1, 0.15) is 56.2 Å². The van der Waals surface area contributed by atoms with Gasteiger partial charge in [0.25, 0.3) is 0 Å². The number of thioether (sulfide) groups is 1. The number of carbonyl (C=O) groups is 1. The van der Waals surface area contributed by atoms with Crippen molar-refractivity contribution in [2.24, 2.45) is 0 Å². The van der Waals surface area contributed by atoms with Gasteiger partial charge in [-0.1, -0.05) is 43.5 Å². The number of thiophene rings is 1. The summed E-state index contributed by atoms with van der Waals surface area (Å²) in [4.78, 5) is 16.5. The summed E-state index contributed by atoms with van der Waals surface area (Å²) in [5.41, 5.74) is 0.166. The van der Waals surface area contributed by atoms with E-state index in [-0.39, 0.29) is 11.4 Å². The summed E-state index contributed by atoms with van der Waals surface area (Å²) in [5.74, 6) is 0.420. The summed E-state index contributed by atoms with van der Waals surface area (Å²) in [6, 6.07) is 4.09. The van der Waals surface area contributed by atoms with Gasteiger partial charge in [-0.3, -0.25) is 9.69 Å². The van der Waals surface area contributed by atoms with Crippen LogP contribution in [0.2, 0.25) is 0 Å². The molecule has 2 aromatic heterocycles. The maximum atomic E-state index is 12.6. The lowest BCUT2D eigenvalue weighted by molar-refractivity contribution is -0.119. The number of piperidine rings is 1. The van der Waals surface area contributed by atoms with Gasteiger partial charge in [-0.2, -0.15) is 0 Å². The zero-order valence-corrected chi connectivity index (χ0v) is 18.5. The van der Waals surface area contributed by atoms with Crippen molar-refractivity contribution in [2.75, 3.05) is 25.4 Å². The quantitative estimate of drug-likeness (QED) is 0.643. The van der Waals surface area contributed by atoms with Gasteiger partial charge in [0, 0.05) is 17.0 Å². The molecule has 2 aliphatic rings. The molecule has 9 heteroatoms. The zero-order chi connectivity index (χ0) is 19.9. The van der Waals surface area contributed by atoms with Crippen molar-refractivity contribution < 1.29 is 4.79 Å². The lowest BCUT2D eigenvalue weighted by Crippen LogP contribution is -2.58. The predicted molar refractivity (Wildman–Crippen MR) is 116 cm³/mol. The Bertz CT molecular complexity index is 766. The number of hydrogen-bond donors (Lipinski definition) is 1. The molecule has 158 valence electrons. The first kappa shape index (κ1) is 20.8. The maximum absolute atomic E-state index is 12.6. The van der Waals surface area contributed by atoms with Gasteiger partial charge in [-0.25, -0.2) is 4.68 Å². The highest BCUT2D eigenvalue weighted by Gasteiger charge is 2.38. The second kappa shape index (κ2) is 10.0. The molecule has 2 aromatic rings. The SMILES string of the molecule is O=C(CSc1nnnn1Cc1cccs1)NCC1(N2CCCCC2)CCCCC1. The lowest BCUT2D eigenvalue weighted by atomic mass is 9.79. The third-order valence-electron chi connectivity index (χ3n) is 6.14. The summed E-state index contributed by atoms with van der Waals surface area (Å²) in [6.07, 6.45) is 10.2. The Morgan fingerprint density at radius 2 is 1.97 bits per heavy atom. The number of carbonyl (C=O) groups excluding carboxylic acids is 1. The van der Waals surface area contributed by atoms with Crippen LogP contribution in [0, 0.1) is 0 Å². The van der Waals surface area contributed by atoms with Crippen LogP contribution in [-0.2, 0) is 11.3 Å². The average Bonchev–Trinajstić information content (AvgIpc) is 3.44. The van der Waals surface area contributed by atoms with E-state index < -0.39 is 0 Å². The minimum Gasteiger partial charge on any atom is -0.354 e. The average molecular weight is 435 g/mol. The number of aromatic nitrogens is 4. The molecule has 3 heterocycles. The Hall–Kier alpha value is -1.45. The fraction of sp³-hybridized carbons (Fsp3) is 0.700. The number of tetrazole rings is 1. The highest BCUT2D eigenvalue weighted by atomic mass is 32.2. The van der Waals surface area contributed by atoms with Crippen LogP contribution in [0.5, 0.6) is 0 Å².